The number of halogens is 2. The van der Waals surface area contributed by atoms with Crippen LogP contribution in [0.2, 0.25) is 5.02 Å². The van der Waals surface area contributed by atoms with Crippen molar-refractivity contribution < 1.29 is 23.5 Å². The van der Waals surface area contributed by atoms with Gasteiger partial charge in [0.25, 0.3) is 17.4 Å². The first-order valence-electron chi connectivity index (χ1n) is 20.5. The van der Waals surface area contributed by atoms with E-state index in [9.17, 15) is 24.4 Å². The second-order valence-corrected chi connectivity index (χ2v) is 18.1. The lowest BCUT2D eigenvalue weighted by Crippen LogP contribution is -2.74. The molecule has 2 N–H and O–H groups in total. The Labute approximate surface area is 352 Å². The molecule has 8 rings (SSSR count). The van der Waals surface area contributed by atoms with E-state index in [4.69, 9.17) is 16.3 Å². The van der Waals surface area contributed by atoms with E-state index in [-0.39, 0.29) is 47.8 Å². The lowest BCUT2D eigenvalue weighted by atomic mass is 9.49. The normalized spacial score (nSPS) is 23.1. The summed E-state index contributed by atoms with van der Waals surface area (Å²) >= 11 is 6.23. The highest BCUT2D eigenvalue weighted by molar-refractivity contribution is 6.31. The average Bonchev–Trinajstić information content (AvgIpc) is 3.22. The fourth-order valence-electron chi connectivity index (χ4n) is 9.97. The third-order valence-corrected chi connectivity index (χ3v) is 13.3. The number of aromatic nitrogens is 3. The molecular weight excluding hydrogens is 789 g/mol. The molecule has 314 valence electrons. The molecule has 2 aromatic heterocycles. The van der Waals surface area contributed by atoms with Crippen molar-refractivity contribution in [1.82, 2.24) is 30.3 Å². The molecule has 60 heavy (non-hydrogen) atoms. The van der Waals surface area contributed by atoms with Gasteiger partial charge in [-0.1, -0.05) is 39.3 Å². The van der Waals surface area contributed by atoms with Crippen molar-refractivity contribution in [3.05, 3.63) is 87.2 Å². The van der Waals surface area contributed by atoms with Crippen LogP contribution < -0.4 is 30.7 Å². The number of nitrogens with one attached hydrogen (secondary N) is 2. The van der Waals surface area contributed by atoms with Crippen molar-refractivity contribution in [2.24, 2.45) is 16.7 Å². The Hall–Kier alpha value is -5.59. The maximum atomic E-state index is 15.6. The van der Waals surface area contributed by atoms with E-state index in [0.29, 0.717) is 46.1 Å². The first-order chi connectivity index (χ1) is 28.6. The van der Waals surface area contributed by atoms with Crippen molar-refractivity contribution in [1.29, 1.82) is 5.26 Å². The van der Waals surface area contributed by atoms with Crippen LogP contribution in [0.15, 0.2) is 59.7 Å². The number of amides is 3. The molecule has 2 aromatic carbocycles. The number of hydrogen-bond acceptors (Lipinski definition) is 11. The zero-order valence-corrected chi connectivity index (χ0v) is 35.0. The molecule has 1 aliphatic carbocycles. The Bertz CT molecular complexity index is 2440. The molecule has 1 atom stereocenters. The summed E-state index contributed by atoms with van der Waals surface area (Å²) in [6, 6.07) is 12.9. The molecule has 4 aromatic rings. The predicted molar refractivity (Wildman–Crippen MR) is 225 cm³/mol. The number of ether oxygens (including phenoxy) is 1. The van der Waals surface area contributed by atoms with Gasteiger partial charge >= 0.3 is 0 Å². The molecule has 0 radical (unpaired) electrons. The highest BCUT2D eigenvalue weighted by Crippen LogP contribution is 2.55. The molecule has 14 nitrogen and oxygen atoms in total. The summed E-state index contributed by atoms with van der Waals surface area (Å²) in [5.74, 6) is -0.488. The van der Waals surface area contributed by atoms with Gasteiger partial charge in [0, 0.05) is 92.4 Å². The van der Waals surface area contributed by atoms with Crippen molar-refractivity contribution >= 4 is 51.6 Å². The van der Waals surface area contributed by atoms with Gasteiger partial charge in [-0.15, -0.1) is 0 Å². The van der Waals surface area contributed by atoms with E-state index in [1.54, 1.807) is 30.5 Å². The van der Waals surface area contributed by atoms with Crippen molar-refractivity contribution in [3.63, 3.8) is 0 Å². The lowest BCUT2D eigenvalue weighted by molar-refractivity contribution is -0.164. The molecule has 0 unspecified atom stereocenters. The summed E-state index contributed by atoms with van der Waals surface area (Å²) in [6.07, 6.45) is 5.02. The predicted octanol–water partition coefficient (Wildman–Crippen LogP) is 5.08. The van der Waals surface area contributed by atoms with Crippen LogP contribution in [0, 0.1) is 33.9 Å². The van der Waals surface area contributed by atoms with Crippen molar-refractivity contribution in [2.45, 2.75) is 71.6 Å². The first kappa shape index (κ1) is 41.2. The number of rotatable bonds is 9. The maximum Gasteiger partial charge on any atom is 0.275 e. The summed E-state index contributed by atoms with van der Waals surface area (Å²) in [7, 11) is 0. The molecule has 16 heteroatoms. The van der Waals surface area contributed by atoms with Crippen LogP contribution in [-0.2, 0) is 9.59 Å². The molecule has 3 amide bonds. The van der Waals surface area contributed by atoms with E-state index < -0.39 is 34.5 Å². The van der Waals surface area contributed by atoms with Gasteiger partial charge in [0.15, 0.2) is 11.6 Å². The largest absolute Gasteiger partial charge is 0.489 e. The summed E-state index contributed by atoms with van der Waals surface area (Å²) in [6.45, 7) is 13.8. The van der Waals surface area contributed by atoms with Gasteiger partial charge in [-0.05, 0) is 61.6 Å². The summed E-state index contributed by atoms with van der Waals surface area (Å²) in [4.78, 5) is 61.8. The number of imide groups is 1. The number of nitrogens with zero attached hydrogens (tertiary/aromatic N) is 7. The number of carbonyl (C=O) groups excluding carboxylic acids is 3. The minimum Gasteiger partial charge on any atom is -0.489 e. The molecule has 5 heterocycles. The lowest BCUT2D eigenvalue weighted by Gasteiger charge is -2.63. The Morgan fingerprint density at radius 3 is 2.37 bits per heavy atom. The van der Waals surface area contributed by atoms with Crippen LogP contribution in [0.1, 0.15) is 75.3 Å². The van der Waals surface area contributed by atoms with Gasteiger partial charge < -0.3 is 19.9 Å². The number of benzene rings is 2. The van der Waals surface area contributed by atoms with Gasteiger partial charge in [-0.25, -0.2) is 14.1 Å². The zero-order chi connectivity index (χ0) is 42.5. The van der Waals surface area contributed by atoms with Gasteiger partial charge in [0.2, 0.25) is 5.91 Å². The van der Waals surface area contributed by atoms with Crippen LogP contribution in [0.3, 0.4) is 0 Å². The number of pyridine rings is 1. The van der Waals surface area contributed by atoms with Gasteiger partial charge in [-0.2, -0.15) is 10.4 Å². The minimum absolute atomic E-state index is 0.161. The topological polar surface area (TPSA) is 166 Å². The number of fused-ring (bicyclic) bond motifs is 1. The van der Waals surface area contributed by atoms with Crippen LogP contribution in [0.5, 0.6) is 5.75 Å². The number of hydrogen-bond donors (Lipinski definition) is 2. The Morgan fingerprint density at radius 1 is 0.967 bits per heavy atom. The number of anilines is 2. The quantitative estimate of drug-likeness (QED) is 0.216. The van der Waals surface area contributed by atoms with Gasteiger partial charge in [0.1, 0.15) is 24.0 Å². The average molecular weight is 838 g/mol. The highest BCUT2D eigenvalue weighted by Gasteiger charge is 2.64. The Balaban J connectivity index is 0.808. The fourth-order valence-corrected chi connectivity index (χ4v) is 10.2. The molecule has 4 fully saturated rings. The highest BCUT2D eigenvalue weighted by atomic mass is 35.5. The van der Waals surface area contributed by atoms with Crippen molar-refractivity contribution in [3.8, 4) is 11.8 Å². The Morgan fingerprint density at radius 2 is 1.70 bits per heavy atom. The van der Waals surface area contributed by atoms with E-state index >= 15 is 4.39 Å². The van der Waals surface area contributed by atoms with Crippen LogP contribution in [-0.4, -0.2) is 95.3 Å². The smallest absolute Gasteiger partial charge is 0.275 e. The number of carbonyl (C=O) groups is 3. The number of nitriles is 1. The number of piperidine rings is 2. The van der Waals surface area contributed by atoms with E-state index in [0.717, 1.165) is 51.3 Å². The minimum atomic E-state index is -0.802. The Kier molecular flexibility index (Phi) is 11.1. The van der Waals surface area contributed by atoms with Gasteiger partial charge in [-0.3, -0.25) is 29.4 Å². The van der Waals surface area contributed by atoms with E-state index in [1.807, 2.05) is 50.8 Å². The molecular formula is C44H49ClFN9O5. The summed E-state index contributed by atoms with van der Waals surface area (Å²) in [5.41, 5.74) is 0.262. The van der Waals surface area contributed by atoms with E-state index in [1.165, 1.54) is 16.9 Å². The summed E-state index contributed by atoms with van der Waals surface area (Å²) in [5, 5.41) is 20.4. The van der Waals surface area contributed by atoms with Crippen molar-refractivity contribution in [2.75, 3.05) is 55.6 Å². The molecule has 3 saturated heterocycles. The van der Waals surface area contributed by atoms with Crippen LogP contribution >= 0.6 is 11.6 Å². The second kappa shape index (κ2) is 16.1. The van der Waals surface area contributed by atoms with Gasteiger partial charge in [0.05, 0.1) is 27.7 Å². The fraction of sp³-hybridized carbons (Fsp3) is 0.477. The molecule has 0 spiro atoms. The molecule has 3 aliphatic heterocycles. The third kappa shape index (κ3) is 7.78. The number of piperazine rings is 1. The van der Waals surface area contributed by atoms with Crippen LogP contribution in [0.4, 0.5) is 15.9 Å². The summed E-state index contributed by atoms with van der Waals surface area (Å²) < 4.78 is 23.1. The van der Waals surface area contributed by atoms with Crippen LogP contribution in [0.25, 0.3) is 10.8 Å². The monoisotopic (exact) mass is 837 g/mol. The molecule has 4 aliphatic rings. The van der Waals surface area contributed by atoms with E-state index in [2.05, 4.69) is 30.5 Å². The standard InChI is InChI=1S/C44H49ClFN9O5/c1-43(2)41(44(3,4)42(43)60-31-7-5-27(22-47)33(45)21-31)51-38(57)29-20-34(46)37(48-23-29)54-13-11-26(12-14-54)25-52-15-17-53(18-16-52)30-6-8-32-28(19-30)24-49-55(40(32)59)35-9-10-36(56)50-39(35)58/h5-8,19-21,23-24,26,35,41-42H,9-18,25H2,1-4H3,(H,51,57)(H,50,56,58)/t35-,41?,42?/m0/s1. The second-order valence-electron chi connectivity index (χ2n) is 17.7. The third-order valence-electron chi connectivity index (χ3n) is 13.0. The maximum absolute atomic E-state index is 15.6. The SMILES string of the molecule is CC1(C)C(NC(=O)c2cnc(N3CCC(CN4CCN(c5ccc6c(=O)n([C@H]7CCC(=O)NC7=O)ncc6c5)CC4)CC3)c(F)c2)C(C)(C)C1Oc1ccc(C#N)c(Cl)c1. The molecule has 1 saturated carbocycles. The zero-order valence-electron chi connectivity index (χ0n) is 34.2. The molecule has 0 bridgehead atoms. The first-order valence-corrected chi connectivity index (χ1v) is 20.9.